The molecular weight excluding hydrogens is 354 g/mol. The lowest BCUT2D eigenvalue weighted by molar-refractivity contribution is -0.139. The van der Waals surface area contributed by atoms with Crippen molar-refractivity contribution < 1.29 is 4.79 Å². The van der Waals surface area contributed by atoms with Crippen LogP contribution in [0.3, 0.4) is 0 Å². The van der Waals surface area contributed by atoms with Gasteiger partial charge in [-0.05, 0) is 37.3 Å². The van der Waals surface area contributed by atoms with E-state index in [0.29, 0.717) is 5.92 Å². The Morgan fingerprint density at radius 2 is 1.79 bits per heavy atom. The van der Waals surface area contributed by atoms with Gasteiger partial charge in [-0.3, -0.25) is 9.59 Å². The van der Waals surface area contributed by atoms with Crippen molar-refractivity contribution in [1.29, 1.82) is 0 Å². The molecule has 2 unspecified atom stereocenters. The Labute approximate surface area is 164 Å². The molecule has 3 aliphatic heterocycles. The summed E-state index contributed by atoms with van der Waals surface area (Å²) in [4.78, 5) is 38.3. The maximum atomic E-state index is 13.2. The van der Waals surface area contributed by atoms with Crippen LogP contribution in [0.15, 0.2) is 41.5 Å². The Morgan fingerprint density at radius 3 is 2.57 bits per heavy atom. The van der Waals surface area contributed by atoms with Crippen molar-refractivity contribution in [2.45, 2.75) is 31.7 Å². The first-order valence-corrected chi connectivity index (χ1v) is 10.2. The predicted octanol–water partition coefficient (Wildman–Crippen LogP) is 1.50. The van der Waals surface area contributed by atoms with Crippen LogP contribution in [-0.2, 0) is 11.3 Å². The zero-order valence-corrected chi connectivity index (χ0v) is 15.9. The summed E-state index contributed by atoms with van der Waals surface area (Å²) >= 11 is 0. The molecule has 2 aromatic heterocycles. The van der Waals surface area contributed by atoms with E-state index in [1.165, 1.54) is 0 Å². The molecule has 2 atom stereocenters. The van der Waals surface area contributed by atoms with Crippen LogP contribution in [0.2, 0.25) is 0 Å². The lowest BCUT2D eigenvalue weighted by Crippen LogP contribution is -2.51. The van der Waals surface area contributed by atoms with Gasteiger partial charge in [-0.15, -0.1) is 0 Å². The molecule has 7 heteroatoms. The fourth-order valence-corrected chi connectivity index (χ4v) is 5.12. The highest BCUT2D eigenvalue weighted by atomic mass is 16.2. The van der Waals surface area contributed by atoms with E-state index in [9.17, 15) is 9.59 Å². The zero-order valence-electron chi connectivity index (χ0n) is 15.9. The topological polar surface area (TPSA) is 71.3 Å². The number of rotatable bonds is 2. The average molecular weight is 379 g/mol. The van der Waals surface area contributed by atoms with Crippen molar-refractivity contribution >= 4 is 11.9 Å². The molecule has 2 saturated heterocycles. The van der Waals surface area contributed by atoms with Gasteiger partial charge in [-0.1, -0.05) is 6.07 Å². The van der Waals surface area contributed by atoms with Gasteiger partial charge in [-0.2, -0.15) is 0 Å². The molecule has 0 aliphatic carbocycles. The summed E-state index contributed by atoms with van der Waals surface area (Å²) in [5, 5.41) is 0. The van der Waals surface area contributed by atoms with Gasteiger partial charge in [0.05, 0.1) is 0 Å². The highest BCUT2D eigenvalue weighted by Crippen LogP contribution is 2.36. The van der Waals surface area contributed by atoms with Gasteiger partial charge in [0, 0.05) is 68.7 Å². The fourth-order valence-electron chi connectivity index (χ4n) is 5.12. The van der Waals surface area contributed by atoms with Gasteiger partial charge >= 0.3 is 0 Å². The molecule has 146 valence electrons. The third-order valence-corrected chi connectivity index (χ3v) is 6.47. The highest BCUT2D eigenvalue weighted by molar-refractivity contribution is 5.79. The number of fused-ring (bicyclic) bond motifs is 4. The lowest BCUT2D eigenvalue weighted by Gasteiger charge is -2.44. The van der Waals surface area contributed by atoms with E-state index in [1.54, 1.807) is 18.5 Å². The van der Waals surface area contributed by atoms with Gasteiger partial charge in [0.25, 0.3) is 5.56 Å². The summed E-state index contributed by atoms with van der Waals surface area (Å²) in [6.07, 6.45) is 6.29. The highest BCUT2D eigenvalue weighted by Gasteiger charge is 2.38. The van der Waals surface area contributed by atoms with E-state index in [2.05, 4.69) is 25.8 Å². The van der Waals surface area contributed by atoms with E-state index < -0.39 is 0 Å². The SMILES string of the molecule is O=C(C1CCN(c2ncccn2)CC1)N1CC2CC(C1)c1cccc(=O)n1C2. The largest absolute Gasteiger partial charge is 0.341 e. The number of aromatic nitrogens is 3. The second-order valence-electron chi connectivity index (χ2n) is 8.25. The van der Waals surface area contributed by atoms with Crippen LogP contribution in [-0.4, -0.2) is 51.5 Å². The smallest absolute Gasteiger partial charge is 0.250 e. The second-order valence-corrected chi connectivity index (χ2v) is 8.25. The molecule has 2 bridgehead atoms. The quantitative estimate of drug-likeness (QED) is 0.791. The number of hydrogen-bond donors (Lipinski definition) is 0. The molecule has 0 spiro atoms. The Morgan fingerprint density at radius 1 is 1.00 bits per heavy atom. The first-order valence-electron chi connectivity index (χ1n) is 10.2. The van der Waals surface area contributed by atoms with Crippen LogP contribution in [0.25, 0.3) is 0 Å². The van der Waals surface area contributed by atoms with Crippen LogP contribution < -0.4 is 10.5 Å². The Balaban J connectivity index is 1.26. The van der Waals surface area contributed by atoms with Crippen molar-refractivity contribution in [3.05, 3.63) is 52.7 Å². The zero-order chi connectivity index (χ0) is 19.1. The Bertz CT molecular complexity index is 920. The number of anilines is 1. The molecule has 2 fully saturated rings. The third kappa shape index (κ3) is 3.08. The standard InChI is InChI=1S/C21H25N5O2/c27-19-4-1-3-18-17-11-15(13-26(18)19)12-25(14-17)20(28)16-5-9-24(10-6-16)21-22-7-2-8-23-21/h1-4,7-8,15-17H,5-6,9-14H2. The average Bonchev–Trinajstić information content (AvgIpc) is 2.75. The molecule has 2 aromatic rings. The summed E-state index contributed by atoms with van der Waals surface area (Å²) in [5.74, 6) is 1.78. The molecule has 28 heavy (non-hydrogen) atoms. The normalized spacial score (nSPS) is 24.7. The summed E-state index contributed by atoms with van der Waals surface area (Å²) < 4.78 is 1.92. The Kier molecular flexibility index (Phi) is 4.37. The third-order valence-electron chi connectivity index (χ3n) is 6.47. The predicted molar refractivity (Wildman–Crippen MR) is 105 cm³/mol. The fraction of sp³-hybridized carbons (Fsp3) is 0.524. The van der Waals surface area contributed by atoms with Crippen molar-refractivity contribution in [1.82, 2.24) is 19.4 Å². The monoisotopic (exact) mass is 379 g/mol. The molecule has 0 aromatic carbocycles. The molecular formula is C21H25N5O2. The van der Waals surface area contributed by atoms with Crippen LogP contribution in [0, 0.1) is 11.8 Å². The number of hydrogen-bond acceptors (Lipinski definition) is 5. The van der Waals surface area contributed by atoms with Crippen LogP contribution in [0.4, 0.5) is 5.95 Å². The van der Waals surface area contributed by atoms with Crippen LogP contribution >= 0.6 is 0 Å². The number of carbonyl (C=O) groups is 1. The Hall–Kier alpha value is -2.70. The molecule has 0 N–H and O–H groups in total. The second kappa shape index (κ2) is 7.04. The summed E-state index contributed by atoms with van der Waals surface area (Å²) in [6, 6.07) is 7.35. The maximum absolute atomic E-state index is 13.2. The summed E-state index contributed by atoms with van der Waals surface area (Å²) in [6.45, 7) is 3.89. The molecule has 7 nitrogen and oxygen atoms in total. The molecule has 5 rings (SSSR count). The molecule has 0 radical (unpaired) electrons. The van der Waals surface area contributed by atoms with Crippen LogP contribution in [0.1, 0.15) is 30.9 Å². The summed E-state index contributed by atoms with van der Waals surface area (Å²) in [5.41, 5.74) is 1.18. The minimum atomic E-state index is 0.0803. The van der Waals surface area contributed by atoms with Crippen LogP contribution in [0.5, 0.6) is 0 Å². The number of piperidine rings is 2. The van der Waals surface area contributed by atoms with Gasteiger partial charge in [0.1, 0.15) is 0 Å². The van der Waals surface area contributed by atoms with E-state index in [4.69, 9.17) is 0 Å². The van der Waals surface area contributed by atoms with Gasteiger partial charge < -0.3 is 14.4 Å². The number of nitrogens with zero attached hydrogens (tertiary/aromatic N) is 5. The molecule has 5 heterocycles. The lowest BCUT2D eigenvalue weighted by atomic mass is 9.82. The van der Waals surface area contributed by atoms with Crippen molar-refractivity contribution in [3.8, 4) is 0 Å². The van der Waals surface area contributed by atoms with E-state index >= 15 is 0 Å². The van der Waals surface area contributed by atoms with E-state index in [-0.39, 0.29) is 23.3 Å². The molecule has 1 amide bonds. The van der Waals surface area contributed by atoms with Crippen molar-refractivity contribution in [3.63, 3.8) is 0 Å². The van der Waals surface area contributed by atoms with E-state index in [1.807, 2.05) is 16.7 Å². The van der Waals surface area contributed by atoms with Gasteiger partial charge in [0.2, 0.25) is 11.9 Å². The maximum Gasteiger partial charge on any atom is 0.250 e. The number of likely N-dealkylation sites (tertiary alicyclic amines) is 1. The van der Waals surface area contributed by atoms with Gasteiger partial charge in [0.15, 0.2) is 0 Å². The minimum Gasteiger partial charge on any atom is -0.341 e. The van der Waals surface area contributed by atoms with Gasteiger partial charge in [-0.25, -0.2) is 9.97 Å². The van der Waals surface area contributed by atoms with Crippen molar-refractivity contribution in [2.75, 3.05) is 31.1 Å². The first kappa shape index (κ1) is 17.4. The first-order chi connectivity index (χ1) is 13.7. The molecule has 3 aliphatic rings. The van der Waals surface area contributed by atoms with E-state index in [0.717, 1.165) is 63.6 Å². The molecule has 0 saturated carbocycles. The summed E-state index contributed by atoms with van der Waals surface area (Å²) in [7, 11) is 0. The minimum absolute atomic E-state index is 0.0803. The number of amides is 1. The van der Waals surface area contributed by atoms with Crippen molar-refractivity contribution in [2.24, 2.45) is 11.8 Å². The number of pyridine rings is 1. The number of carbonyl (C=O) groups excluding carboxylic acids is 1.